The Labute approximate surface area is 132 Å². The lowest BCUT2D eigenvalue weighted by molar-refractivity contribution is 0.0519. The maximum absolute atomic E-state index is 13.5. The lowest BCUT2D eigenvalue weighted by Crippen LogP contribution is -2.07. The van der Waals surface area contributed by atoms with Crippen molar-refractivity contribution in [1.82, 2.24) is 14.8 Å². The molecule has 0 N–H and O–H groups in total. The summed E-state index contributed by atoms with van der Waals surface area (Å²) in [5, 5.41) is 4.27. The molecule has 1 aromatic carbocycles. The molecule has 2 aromatic heterocycles. The van der Waals surface area contributed by atoms with Gasteiger partial charge in [-0.1, -0.05) is 6.07 Å². The molecule has 3 rings (SSSR count). The number of ether oxygens (including phenoxy) is 1. The summed E-state index contributed by atoms with van der Waals surface area (Å²) in [6.07, 6.45) is 3.28. The Hall–Kier alpha value is -3.02. The van der Waals surface area contributed by atoms with E-state index in [1.165, 1.54) is 16.8 Å². The number of hydrogen-bond donors (Lipinski definition) is 0. The van der Waals surface area contributed by atoms with Crippen molar-refractivity contribution in [3.05, 3.63) is 66.4 Å². The summed E-state index contributed by atoms with van der Waals surface area (Å²) in [4.78, 5) is 15.9. The summed E-state index contributed by atoms with van der Waals surface area (Å²) in [6, 6.07) is 11.2. The average molecular weight is 311 g/mol. The van der Waals surface area contributed by atoms with Crippen LogP contribution in [-0.2, 0) is 4.74 Å². The van der Waals surface area contributed by atoms with Crippen molar-refractivity contribution in [3.8, 4) is 16.9 Å². The fraction of sp³-hybridized carbons (Fsp3) is 0.118. The van der Waals surface area contributed by atoms with Crippen molar-refractivity contribution >= 4 is 5.97 Å². The second-order valence-electron chi connectivity index (χ2n) is 4.76. The minimum atomic E-state index is -0.516. The maximum atomic E-state index is 13.5. The summed E-state index contributed by atoms with van der Waals surface area (Å²) in [6.45, 7) is 1.99. The van der Waals surface area contributed by atoms with Crippen LogP contribution in [0.25, 0.3) is 16.9 Å². The summed E-state index contributed by atoms with van der Waals surface area (Å²) >= 11 is 0. The number of nitrogens with zero attached hydrogens (tertiary/aromatic N) is 3. The van der Waals surface area contributed by atoms with Crippen LogP contribution in [0.4, 0.5) is 4.39 Å². The van der Waals surface area contributed by atoms with Gasteiger partial charge in [0, 0.05) is 18.0 Å². The summed E-state index contributed by atoms with van der Waals surface area (Å²) in [7, 11) is 0. The fourth-order valence-electron chi connectivity index (χ4n) is 2.22. The Kier molecular flexibility index (Phi) is 4.14. The standard InChI is InChI=1S/C17H14FN3O2/c1-2-23-17(22)15-11-16(12-6-8-19-9-7-12)21(20-15)14-5-3-4-13(18)10-14/h3-11H,2H2,1H3. The number of rotatable bonds is 4. The van der Waals surface area contributed by atoms with Crippen molar-refractivity contribution in [2.75, 3.05) is 6.61 Å². The first-order valence-corrected chi connectivity index (χ1v) is 7.12. The van der Waals surface area contributed by atoms with Gasteiger partial charge in [-0.05, 0) is 43.3 Å². The lowest BCUT2D eigenvalue weighted by atomic mass is 10.2. The molecule has 0 aliphatic carbocycles. The van der Waals surface area contributed by atoms with Crippen molar-refractivity contribution in [3.63, 3.8) is 0 Å². The Morgan fingerprint density at radius 2 is 2.00 bits per heavy atom. The van der Waals surface area contributed by atoms with Crippen LogP contribution in [0.3, 0.4) is 0 Å². The van der Waals surface area contributed by atoms with Crippen molar-refractivity contribution in [2.45, 2.75) is 6.92 Å². The molecule has 3 aromatic rings. The van der Waals surface area contributed by atoms with Gasteiger partial charge in [-0.3, -0.25) is 4.98 Å². The normalized spacial score (nSPS) is 10.5. The molecule has 0 aliphatic heterocycles. The first-order chi connectivity index (χ1) is 11.2. The van der Waals surface area contributed by atoms with Crippen molar-refractivity contribution in [2.24, 2.45) is 0 Å². The van der Waals surface area contributed by atoms with E-state index in [2.05, 4.69) is 10.1 Å². The highest BCUT2D eigenvalue weighted by molar-refractivity contribution is 5.89. The molecule has 0 radical (unpaired) electrons. The quantitative estimate of drug-likeness (QED) is 0.694. The van der Waals surface area contributed by atoms with E-state index in [1.54, 1.807) is 49.6 Å². The van der Waals surface area contributed by atoms with Gasteiger partial charge in [0.15, 0.2) is 5.69 Å². The molecule has 2 heterocycles. The van der Waals surface area contributed by atoms with E-state index < -0.39 is 5.97 Å². The zero-order chi connectivity index (χ0) is 16.2. The zero-order valence-corrected chi connectivity index (χ0v) is 12.4. The molecule has 0 unspecified atom stereocenters. The van der Waals surface area contributed by atoms with Gasteiger partial charge in [-0.25, -0.2) is 13.9 Å². The van der Waals surface area contributed by atoms with E-state index in [9.17, 15) is 9.18 Å². The molecule has 6 heteroatoms. The van der Waals surface area contributed by atoms with Gasteiger partial charge in [-0.15, -0.1) is 0 Å². The number of esters is 1. The molecule has 0 amide bonds. The van der Waals surface area contributed by atoms with Gasteiger partial charge in [0.2, 0.25) is 0 Å². The molecule has 23 heavy (non-hydrogen) atoms. The lowest BCUT2D eigenvalue weighted by Gasteiger charge is -2.07. The van der Waals surface area contributed by atoms with Crippen LogP contribution in [0, 0.1) is 5.82 Å². The second kappa shape index (κ2) is 6.39. The first kappa shape index (κ1) is 14.9. The Bertz CT molecular complexity index is 831. The van der Waals surface area contributed by atoms with E-state index in [0.29, 0.717) is 11.4 Å². The number of hydrogen-bond acceptors (Lipinski definition) is 4. The van der Waals surface area contributed by atoms with Crippen LogP contribution in [0.1, 0.15) is 17.4 Å². The second-order valence-corrected chi connectivity index (χ2v) is 4.76. The SMILES string of the molecule is CCOC(=O)c1cc(-c2ccncc2)n(-c2cccc(F)c2)n1. The van der Waals surface area contributed by atoms with Gasteiger partial charge in [0.05, 0.1) is 18.0 Å². The van der Waals surface area contributed by atoms with Gasteiger partial charge >= 0.3 is 5.97 Å². The third-order valence-corrected chi connectivity index (χ3v) is 3.22. The van der Waals surface area contributed by atoms with Crippen LogP contribution < -0.4 is 0 Å². The molecule has 0 atom stereocenters. The van der Waals surface area contributed by atoms with E-state index >= 15 is 0 Å². The molecule has 0 saturated carbocycles. The topological polar surface area (TPSA) is 57.0 Å². The summed E-state index contributed by atoms with van der Waals surface area (Å²) in [5.41, 5.74) is 2.16. The van der Waals surface area contributed by atoms with Crippen molar-refractivity contribution in [1.29, 1.82) is 0 Å². The molecule has 0 spiro atoms. The minimum Gasteiger partial charge on any atom is -0.461 e. The maximum Gasteiger partial charge on any atom is 0.358 e. The molecule has 0 fully saturated rings. The van der Waals surface area contributed by atoms with Gasteiger partial charge < -0.3 is 4.74 Å². The molecule has 0 aliphatic rings. The largest absolute Gasteiger partial charge is 0.461 e. The van der Waals surface area contributed by atoms with Crippen molar-refractivity contribution < 1.29 is 13.9 Å². The van der Waals surface area contributed by atoms with Crippen LogP contribution in [0.2, 0.25) is 0 Å². The summed E-state index contributed by atoms with van der Waals surface area (Å²) in [5.74, 6) is -0.894. The Morgan fingerprint density at radius 3 is 2.70 bits per heavy atom. The molecule has 0 saturated heterocycles. The van der Waals surface area contributed by atoms with E-state index in [0.717, 1.165) is 5.56 Å². The number of benzene rings is 1. The predicted octanol–water partition coefficient (Wildman–Crippen LogP) is 3.25. The van der Waals surface area contributed by atoms with Crippen LogP contribution >= 0.6 is 0 Å². The third kappa shape index (κ3) is 3.11. The first-order valence-electron chi connectivity index (χ1n) is 7.12. The van der Waals surface area contributed by atoms with E-state index in [4.69, 9.17) is 4.74 Å². The predicted molar refractivity (Wildman–Crippen MR) is 82.7 cm³/mol. The highest BCUT2D eigenvalue weighted by Crippen LogP contribution is 2.24. The van der Waals surface area contributed by atoms with E-state index in [-0.39, 0.29) is 18.1 Å². The third-order valence-electron chi connectivity index (χ3n) is 3.22. The number of aromatic nitrogens is 3. The minimum absolute atomic E-state index is 0.169. The zero-order valence-electron chi connectivity index (χ0n) is 12.4. The molecular weight excluding hydrogens is 297 g/mol. The summed E-state index contributed by atoms with van der Waals surface area (Å²) < 4.78 is 20.0. The molecule has 116 valence electrons. The molecular formula is C17H14FN3O2. The van der Waals surface area contributed by atoms with Crippen LogP contribution in [-0.4, -0.2) is 27.3 Å². The van der Waals surface area contributed by atoms with E-state index in [1.807, 2.05) is 0 Å². The number of carbonyl (C=O) groups excluding carboxylic acids is 1. The highest BCUT2D eigenvalue weighted by atomic mass is 19.1. The molecule has 5 nitrogen and oxygen atoms in total. The Balaban J connectivity index is 2.14. The number of halogens is 1. The molecule has 0 bridgehead atoms. The monoisotopic (exact) mass is 311 g/mol. The van der Waals surface area contributed by atoms with Crippen LogP contribution in [0.5, 0.6) is 0 Å². The average Bonchev–Trinajstić information content (AvgIpc) is 3.01. The van der Waals surface area contributed by atoms with Crippen LogP contribution in [0.15, 0.2) is 54.9 Å². The Morgan fingerprint density at radius 1 is 1.22 bits per heavy atom. The van der Waals surface area contributed by atoms with Gasteiger partial charge in [0.25, 0.3) is 0 Å². The highest BCUT2D eigenvalue weighted by Gasteiger charge is 2.17. The number of pyridine rings is 1. The van der Waals surface area contributed by atoms with Gasteiger partial charge in [-0.2, -0.15) is 5.10 Å². The fourth-order valence-corrected chi connectivity index (χ4v) is 2.22. The smallest absolute Gasteiger partial charge is 0.358 e. The number of carbonyl (C=O) groups is 1. The van der Waals surface area contributed by atoms with Gasteiger partial charge in [0.1, 0.15) is 5.82 Å².